The number of hydrogen-bond acceptors (Lipinski definition) is 2. The highest BCUT2D eigenvalue weighted by molar-refractivity contribution is 5.77. The van der Waals surface area contributed by atoms with Crippen molar-refractivity contribution in [1.82, 2.24) is 4.90 Å². The maximum atomic E-state index is 11.3. The summed E-state index contributed by atoms with van der Waals surface area (Å²) in [6.45, 7) is 1.78. The molecule has 1 unspecified atom stereocenters. The first-order valence-corrected chi connectivity index (χ1v) is 4.39. The zero-order valence-corrected chi connectivity index (χ0v) is 8.49. The van der Waals surface area contributed by atoms with Crippen LogP contribution in [0.2, 0.25) is 0 Å². The Labute approximate surface area is 83.9 Å². The van der Waals surface area contributed by atoms with Gasteiger partial charge in [-0.3, -0.25) is 9.59 Å². The van der Waals surface area contributed by atoms with E-state index in [1.807, 2.05) is 0 Å². The van der Waals surface area contributed by atoms with Gasteiger partial charge in [0, 0.05) is 26.4 Å². The van der Waals surface area contributed by atoms with E-state index in [2.05, 4.69) is 5.92 Å². The molecule has 0 aliphatic rings. The number of terminal acetylenes is 1. The predicted octanol–water partition coefficient (Wildman–Crippen LogP) is 0.579. The van der Waals surface area contributed by atoms with Crippen molar-refractivity contribution in [2.75, 3.05) is 13.6 Å². The van der Waals surface area contributed by atoms with Crippen LogP contribution in [-0.4, -0.2) is 35.5 Å². The molecule has 14 heavy (non-hydrogen) atoms. The van der Waals surface area contributed by atoms with Gasteiger partial charge in [0.05, 0.1) is 5.92 Å². The van der Waals surface area contributed by atoms with Gasteiger partial charge >= 0.3 is 5.97 Å². The van der Waals surface area contributed by atoms with Crippen LogP contribution >= 0.6 is 0 Å². The monoisotopic (exact) mass is 197 g/mol. The summed E-state index contributed by atoms with van der Waals surface area (Å²) in [6, 6.07) is 0. The van der Waals surface area contributed by atoms with Crippen LogP contribution in [0.4, 0.5) is 0 Å². The minimum absolute atomic E-state index is 0.115. The molecule has 0 aromatic heterocycles. The highest BCUT2D eigenvalue weighted by Crippen LogP contribution is 2.01. The molecule has 1 N–H and O–H groups in total. The summed E-state index contributed by atoms with van der Waals surface area (Å²) >= 11 is 0. The second-order valence-electron chi connectivity index (χ2n) is 3.22. The number of carbonyl (C=O) groups excluding carboxylic acids is 1. The maximum absolute atomic E-state index is 11.3. The molecule has 0 aliphatic carbocycles. The van der Waals surface area contributed by atoms with Gasteiger partial charge in [0.15, 0.2) is 0 Å². The van der Waals surface area contributed by atoms with E-state index in [9.17, 15) is 9.59 Å². The van der Waals surface area contributed by atoms with Gasteiger partial charge in [-0.15, -0.1) is 12.3 Å². The Morgan fingerprint density at radius 2 is 2.14 bits per heavy atom. The molecule has 1 amide bonds. The molecule has 0 aromatic rings. The average molecular weight is 197 g/mol. The van der Waals surface area contributed by atoms with Crippen molar-refractivity contribution in [2.45, 2.75) is 19.8 Å². The summed E-state index contributed by atoms with van der Waals surface area (Å²) in [4.78, 5) is 23.2. The highest BCUT2D eigenvalue weighted by atomic mass is 16.4. The highest BCUT2D eigenvalue weighted by Gasteiger charge is 2.16. The smallest absolute Gasteiger partial charge is 0.308 e. The van der Waals surface area contributed by atoms with E-state index in [-0.39, 0.29) is 18.9 Å². The predicted molar refractivity (Wildman–Crippen MR) is 52.5 cm³/mol. The molecule has 0 bridgehead atoms. The number of carboxylic acid groups (broad SMARTS) is 1. The number of carbonyl (C=O) groups is 2. The summed E-state index contributed by atoms with van der Waals surface area (Å²) in [5.41, 5.74) is 0. The normalized spacial score (nSPS) is 11.5. The Morgan fingerprint density at radius 3 is 2.57 bits per heavy atom. The van der Waals surface area contributed by atoms with E-state index in [1.165, 1.54) is 4.90 Å². The zero-order valence-electron chi connectivity index (χ0n) is 8.49. The van der Waals surface area contributed by atoms with Gasteiger partial charge in [-0.05, 0) is 0 Å². The molecule has 4 nitrogen and oxygen atoms in total. The van der Waals surface area contributed by atoms with Crippen LogP contribution in [0.5, 0.6) is 0 Å². The van der Waals surface area contributed by atoms with E-state index in [4.69, 9.17) is 11.5 Å². The van der Waals surface area contributed by atoms with Gasteiger partial charge in [0.1, 0.15) is 0 Å². The van der Waals surface area contributed by atoms with Crippen LogP contribution in [0.1, 0.15) is 19.8 Å². The molecule has 4 heteroatoms. The standard InChI is InChI=1S/C10H15NO3/c1-4-5-6-9(12)11(3)7-8(2)10(13)14/h1,8H,5-7H2,2-3H3,(H,13,14). The lowest BCUT2D eigenvalue weighted by molar-refractivity contribution is -0.142. The van der Waals surface area contributed by atoms with E-state index >= 15 is 0 Å². The van der Waals surface area contributed by atoms with Crippen LogP contribution in [0.25, 0.3) is 0 Å². The lowest BCUT2D eigenvalue weighted by Crippen LogP contribution is -2.33. The second-order valence-corrected chi connectivity index (χ2v) is 3.22. The van der Waals surface area contributed by atoms with Crippen molar-refractivity contribution in [3.8, 4) is 12.3 Å². The molecular weight excluding hydrogens is 182 g/mol. The van der Waals surface area contributed by atoms with E-state index in [0.717, 1.165) is 0 Å². The molecule has 0 aromatic carbocycles. The van der Waals surface area contributed by atoms with Crippen LogP contribution in [0.3, 0.4) is 0 Å². The van der Waals surface area contributed by atoms with Gasteiger partial charge in [-0.2, -0.15) is 0 Å². The van der Waals surface area contributed by atoms with Crippen molar-refractivity contribution in [3.05, 3.63) is 0 Å². The molecular formula is C10H15NO3. The summed E-state index contributed by atoms with van der Waals surface area (Å²) in [5.74, 6) is 0.803. The Hall–Kier alpha value is -1.50. The van der Waals surface area contributed by atoms with Crippen molar-refractivity contribution in [1.29, 1.82) is 0 Å². The number of hydrogen-bond donors (Lipinski definition) is 1. The Kier molecular flexibility index (Phi) is 5.38. The zero-order chi connectivity index (χ0) is 11.1. The third-order valence-electron chi connectivity index (χ3n) is 1.88. The van der Waals surface area contributed by atoms with E-state index < -0.39 is 11.9 Å². The van der Waals surface area contributed by atoms with Crippen molar-refractivity contribution in [2.24, 2.45) is 5.92 Å². The summed E-state index contributed by atoms with van der Waals surface area (Å²) in [7, 11) is 1.58. The molecule has 0 rings (SSSR count). The third kappa shape index (κ3) is 4.51. The SMILES string of the molecule is C#CCCC(=O)N(C)CC(C)C(=O)O. The first-order valence-electron chi connectivity index (χ1n) is 4.39. The molecule has 78 valence electrons. The molecule has 0 spiro atoms. The van der Waals surface area contributed by atoms with Crippen LogP contribution < -0.4 is 0 Å². The third-order valence-corrected chi connectivity index (χ3v) is 1.88. The number of nitrogens with zero attached hydrogens (tertiary/aromatic N) is 1. The number of amides is 1. The molecule has 0 radical (unpaired) electrons. The van der Waals surface area contributed by atoms with Crippen molar-refractivity contribution in [3.63, 3.8) is 0 Å². The van der Waals surface area contributed by atoms with Crippen LogP contribution in [-0.2, 0) is 9.59 Å². The fourth-order valence-corrected chi connectivity index (χ4v) is 0.961. The summed E-state index contributed by atoms with van der Waals surface area (Å²) < 4.78 is 0. The number of carboxylic acids is 1. The quantitative estimate of drug-likeness (QED) is 0.656. The minimum atomic E-state index is -0.901. The Morgan fingerprint density at radius 1 is 1.57 bits per heavy atom. The number of aliphatic carboxylic acids is 1. The van der Waals surface area contributed by atoms with Crippen molar-refractivity contribution < 1.29 is 14.7 Å². The van der Waals surface area contributed by atoms with Crippen LogP contribution in [0, 0.1) is 18.3 Å². The summed E-state index contributed by atoms with van der Waals surface area (Å²) in [5, 5.41) is 8.62. The second kappa shape index (κ2) is 6.03. The van der Waals surface area contributed by atoms with E-state index in [0.29, 0.717) is 6.42 Å². The van der Waals surface area contributed by atoms with Crippen LogP contribution in [0.15, 0.2) is 0 Å². The Balaban J connectivity index is 3.96. The lowest BCUT2D eigenvalue weighted by Gasteiger charge is -2.18. The molecule has 0 aliphatic heterocycles. The first kappa shape index (κ1) is 12.5. The first-order chi connectivity index (χ1) is 6.49. The van der Waals surface area contributed by atoms with E-state index in [1.54, 1.807) is 14.0 Å². The topological polar surface area (TPSA) is 57.6 Å². The molecule has 0 saturated heterocycles. The average Bonchev–Trinajstić information content (AvgIpc) is 2.13. The fraction of sp³-hybridized carbons (Fsp3) is 0.600. The van der Waals surface area contributed by atoms with Gasteiger partial charge in [-0.25, -0.2) is 0 Å². The number of rotatable bonds is 5. The molecule has 0 heterocycles. The van der Waals surface area contributed by atoms with Gasteiger partial charge in [0.25, 0.3) is 0 Å². The molecule has 1 atom stereocenters. The molecule has 0 fully saturated rings. The van der Waals surface area contributed by atoms with Crippen molar-refractivity contribution >= 4 is 11.9 Å². The minimum Gasteiger partial charge on any atom is -0.481 e. The Bertz CT molecular complexity index is 255. The van der Waals surface area contributed by atoms with Gasteiger partial charge in [-0.1, -0.05) is 6.92 Å². The maximum Gasteiger partial charge on any atom is 0.308 e. The molecule has 0 saturated carbocycles. The largest absolute Gasteiger partial charge is 0.481 e. The summed E-state index contributed by atoms with van der Waals surface area (Å²) in [6.07, 6.45) is 5.68. The lowest BCUT2D eigenvalue weighted by atomic mass is 10.1. The van der Waals surface area contributed by atoms with Gasteiger partial charge in [0.2, 0.25) is 5.91 Å². The fourth-order valence-electron chi connectivity index (χ4n) is 0.961. The van der Waals surface area contributed by atoms with Gasteiger partial charge < -0.3 is 10.0 Å².